The van der Waals surface area contributed by atoms with E-state index in [2.05, 4.69) is 27.7 Å². The third-order valence-electron chi connectivity index (χ3n) is 2.98. The number of ether oxygens (including phenoxy) is 1. The Kier molecular flexibility index (Phi) is 3.05. The largest absolute Gasteiger partial charge is 0.357 e. The molecule has 1 aliphatic heterocycles. The van der Waals surface area contributed by atoms with Crippen LogP contribution in [0.3, 0.4) is 0 Å². The molecule has 1 saturated heterocycles. The fourth-order valence-corrected chi connectivity index (χ4v) is 2.13. The molecule has 0 N–H and O–H groups in total. The Hall–Kier alpha value is -0.370. The maximum absolute atomic E-state index is 11.6. The third kappa shape index (κ3) is 2.00. The van der Waals surface area contributed by atoms with E-state index in [1.54, 1.807) is 6.92 Å². The van der Waals surface area contributed by atoms with Crippen LogP contribution in [0.1, 0.15) is 53.9 Å². The van der Waals surface area contributed by atoms with Gasteiger partial charge in [0, 0.05) is 0 Å². The van der Waals surface area contributed by atoms with Gasteiger partial charge in [-0.25, -0.2) is 0 Å². The molecular weight excluding hydrogens is 176 g/mol. The number of rotatable bonds is 4. The SMILES string of the molecule is CCCCC1(C(C)=O)OC1C(C)(C)C. The Bertz CT molecular complexity index is 227. The minimum atomic E-state index is -0.436. The van der Waals surface area contributed by atoms with Crippen LogP contribution in [-0.2, 0) is 9.53 Å². The summed E-state index contributed by atoms with van der Waals surface area (Å²) in [5.41, 5.74) is -0.354. The summed E-state index contributed by atoms with van der Waals surface area (Å²) in [7, 11) is 0. The van der Waals surface area contributed by atoms with Gasteiger partial charge in [0.05, 0.1) is 6.10 Å². The highest BCUT2D eigenvalue weighted by Gasteiger charge is 2.63. The fourth-order valence-electron chi connectivity index (χ4n) is 2.13. The van der Waals surface area contributed by atoms with Gasteiger partial charge in [0.2, 0.25) is 0 Å². The summed E-state index contributed by atoms with van der Waals surface area (Å²) < 4.78 is 5.68. The van der Waals surface area contributed by atoms with Crippen LogP contribution in [0, 0.1) is 5.41 Å². The Labute approximate surface area is 87.0 Å². The van der Waals surface area contributed by atoms with Gasteiger partial charge in [0.15, 0.2) is 11.4 Å². The van der Waals surface area contributed by atoms with Gasteiger partial charge in [-0.15, -0.1) is 0 Å². The lowest BCUT2D eigenvalue weighted by atomic mass is 9.81. The summed E-state index contributed by atoms with van der Waals surface area (Å²) in [5.74, 6) is 0.200. The lowest BCUT2D eigenvalue weighted by molar-refractivity contribution is -0.122. The summed E-state index contributed by atoms with van der Waals surface area (Å²) in [5, 5.41) is 0. The average Bonchev–Trinajstić information content (AvgIpc) is 2.75. The van der Waals surface area contributed by atoms with E-state index in [1.165, 1.54) is 0 Å². The van der Waals surface area contributed by atoms with E-state index < -0.39 is 5.60 Å². The van der Waals surface area contributed by atoms with E-state index in [-0.39, 0.29) is 17.3 Å². The third-order valence-corrected chi connectivity index (χ3v) is 2.98. The average molecular weight is 198 g/mol. The van der Waals surface area contributed by atoms with E-state index in [0.29, 0.717) is 0 Å². The molecular formula is C12H22O2. The van der Waals surface area contributed by atoms with Crippen molar-refractivity contribution in [2.24, 2.45) is 5.41 Å². The Morgan fingerprint density at radius 2 is 2.00 bits per heavy atom. The first kappa shape index (κ1) is 11.7. The van der Waals surface area contributed by atoms with E-state index in [1.807, 2.05) is 0 Å². The molecule has 0 amide bonds. The molecule has 2 heteroatoms. The summed E-state index contributed by atoms with van der Waals surface area (Å²) in [6.45, 7) is 10.2. The molecule has 0 aromatic carbocycles. The van der Waals surface area contributed by atoms with E-state index in [4.69, 9.17) is 4.74 Å². The predicted octanol–water partition coefficient (Wildman–Crippen LogP) is 2.95. The van der Waals surface area contributed by atoms with Crippen LogP contribution < -0.4 is 0 Å². The zero-order valence-electron chi connectivity index (χ0n) is 10.0. The number of unbranched alkanes of at least 4 members (excludes halogenated alkanes) is 1. The van der Waals surface area contributed by atoms with Crippen molar-refractivity contribution in [1.82, 2.24) is 0 Å². The van der Waals surface area contributed by atoms with Gasteiger partial charge in [0.25, 0.3) is 0 Å². The van der Waals surface area contributed by atoms with Crippen molar-refractivity contribution in [2.45, 2.75) is 65.6 Å². The first-order valence-corrected chi connectivity index (χ1v) is 5.53. The van der Waals surface area contributed by atoms with Gasteiger partial charge in [0.1, 0.15) is 0 Å². The molecule has 0 aromatic rings. The van der Waals surface area contributed by atoms with Crippen molar-refractivity contribution in [1.29, 1.82) is 0 Å². The Morgan fingerprint density at radius 3 is 2.29 bits per heavy atom. The molecule has 1 heterocycles. The van der Waals surface area contributed by atoms with Gasteiger partial charge >= 0.3 is 0 Å². The first-order valence-electron chi connectivity index (χ1n) is 5.53. The van der Waals surface area contributed by atoms with Crippen LogP contribution in [0.15, 0.2) is 0 Å². The Morgan fingerprint density at radius 1 is 1.43 bits per heavy atom. The molecule has 14 heavy (non-hydrogen) atoms. The summed E-state index contributed by atoms with van der Waals surface area (Å²) in [6, 6.07) is 0. The summed E-state index contributed by atoms with van der Waals surface area (Å²) in [4.78, 5) is 11.6. The molecule has 2 nitrogen and oxygen atoms in total. The smallest absolute Gasteiger partial charge is 0.164 e. The van der Waals surface area contributed by atoms with Crippen molar-refractivity contribution in [3.05, 3.63) is 0 Å². The van der Waals surface area contributed by atoms with E-state index in [0.717, 1.165) is 19.3 Å². The number of ketones is 1. The number of hydrogen-bond acceptors (Lipinski definition) is 2. The molecule has 0 aliphatic carbocycles. The van der Waals surface area contributed by atoms with Crippen molar-refractivity contribution in [3.8, 4) is 0 Å². The van der Waals surface area contributed by atoms with Crippen LogP contribution in [-0.4, -0.2) is 17.5 Å². The number of hydrogen-bond donors (Lipinski definition) is 0. The Balaban J connectivity index is 2.66. The molecule has 1 fully saturated rings. The minimum Gasteiger partial charge on any atom is -0.357 e. The monoisotopic (exact) mass is 198 g/mol. The summed E-state index contributed by atoms with van der Waals surface area (Å²) in [6.07, 6.45) is 3.21. The standard InChI is InChI=1S/C12H22O2/c1-6-7-8-12(9(2)13)10(14-12)11(3,4)5/h10H,6-8H2,1-5H3. The molecule has 0 saturated carbocycles. The second-order valence-corrected chi connectivity index (χ2v) is 5.41. The highest BCUT2D eigenvalue weighted by Crippen LogP contribution is 2.50. The van der Waals surface area contributed by atoms with Gasteiger partial charge in [-0.05, 0) is 18.8 Å². The highest BCUT2D eigenvalue weighted by atomic mass is 16.6. The topological polar surface area (TPSA) is 29.6 Å². The first-order chi connectivity index (χ1) is 6.34. The molecule has 2 atom stereocenters. The quantitative estimate of drug-likeness (QED) is 0.650. The zero-order chi connectivity index (χ0) is 11.0. The maximum atomic E-state index is 11.6. The molecule has 0 aromatic heterocycles. The highest BCUT2D eigenvalue weighted by molar-refractivity contribution is 5.88. The molecule has 0 spiro atoms. The van der Waals surface area contributed by atoms with Crippen LogP contribution in [0.5, 0.6) is 0 Å². The summed E-state index contributed by atoms with van der Waals surface area (Å²) >= 11 is 0. The van der Waals surface area contributed by atoms with Crippen molar-refractivity contribution in [3.63, 3.8) is 0 Å². The lowest BCUT2D eigenvalue weighted by Gasteiger charge is -2.18. The molecule has 2 unspecified atom stereocenters. The second kappa shape index (κ2) is 3.65. The second-order valence-electron chi connectivity index (χ2n) is 5.41. The van der Waals surface area contributed by atoms with E-state index >= 15 is 0 Å². The molecule has 0 bridgehead atoms. The lowest BCUT2D eigenvalue weighted by Crippen LogP contribution is -2.31. The van der Waals surface area contributed by atoms with Crippen LogP contribution in [0.2, 0.25) is 0 Å². The van der Waals surface area contributed by atoms with Crippen LogP contribution in [0.4, 0.5) is 0 Å². The van der Waals surface area contributed by atoms with Crippen molar-refractivity contribution >= 4 is 5.78 Å². The molecule has 1 aliphatic rings. The molecule has 82 valence electrons. The van der Waals surface area contributed by atoms with Crippen LogP contribution in [0.25, 0.3) is 0 Å². The molecule has 0 radical (unpaired) electrons. The maximum Gasteiger partial charge on any atom is 0.164 e. The van der Waals surface area contributed by atoms with Crippen LogP contribution >= 0.6 is 0 Å². The zero-order valence-corrected chi connectivity index (χ0v) is 10.0. The normalized spacial score (nSPS) is 31.6. The van der Waals surface area contributed by atoms with Gasteiger partial charge in [-0.1, -0.05) is 40.5 Å². The number of epoxide rings is 1. The van der Waals surface area contributed by atoms with Gasteiger partial charge in [-0.3, -0.25) is 4.79 Å². The van der Waals surface area contributed by atoms with E-state index in [9.17, 15) is 4.79 Å². The van der Waals surface area contributed by atoms with Gasteiger partial charge < -0.3 is 4.74 Å². The minimum absolute atomic E-state index is 0.0827. The number of carbonyl (C=O) groups excluding carboxylic acids is 1. The number of Topliss-reactive ketones (excluding diaryl/α,β-unsaturated/α-hetero) is 1. The van der Waals surface area contributed by atoms with Crippen molar-refractivity contribution < 1.29 is 9.53 Å². The fraction of sp³-hybridized carbons (Fsp3) is 0.917. The molecule has 1 rings (SSSR count). The van der Waals surface area contributed by atoms with Gasteiger partial charge in [-0.2, -0.15) is 0 Å². The van der Waals surface area contributed by atoms with Crippen molar-refractivity contribution in [2.75, 3.05) is 0 Å². The predicted molar refractivity (Wildman–Crippen MR) is 57.3 cm³/mol. The number of carbonyl (C=O) groups is 1.